The van der Waals surface area contributed by atoms with Crippen molar-refractivity contribution in [1.29, 1.82) is 0 Å². The highest BCUT2D eigenvalue weighted by Gasteiger charge is 2.24. The van der Waals surface area contributed by atoms with Crippen molar-refractivity contribution in [3.8, 4) is 0 Å². The van der Waals surface area contributed by atoms with Gasteiger partial charge in [-0.3, -0.25) is 9.59 Å². The highest BCUT2D eigenvalue weighted by atomic mass is 16.2. The minimum absolute atomic E-state index is 0.0184. The summed E-state index contributed by atoms with van der Waals surface area (Å²) in [6.07, 6.45) is 1.72. The van der Waals surface area contributed by atoms with Crippen molar-refractivity contribution < 1.29 is 9.59 Å². The van der Waals surface area contributed by atoms with Crippen LogP contribution in [0.5, 0.6) is 0 Å². The van der Waals surface area contributed by atoms with Gasteiger partial charge in [-0.2, -0.15) is 0 Å². The third-order valence-corrected chi connectivity index (χ3v) is 5.05. The van der Waals surface area contributed by atoms with Gasteiger partial charge in [-0.15, -0.1) is 0 Å². The molecule has 5 nitrogen and oxygen atoms in total. The Balaban J connectivity index is 1.60. The lowest BCUT2D eigenvalue weighted by Crippen LogP contribution is -2.45. The summed E-state index contributed by atoms with van der Waals surface area (Å²) in [6.45, 7) is 7.55. The molecule has 1 heterocycles. The monoisotopic (exact) mass is 379 g/mol. The lowest BCUT2D eigenvalue weighted by atomic mass is 10.0. The van der Waals surface area contributed by atoms with Crippen molar-refractivity contribution in [2.24, 2.45) is 0 Å². The molecule has 1 fully saturated rings. The fraction of sp³-hybridized carbons (Fsp3) is 0.391. The number of hydrogen-bond acceptors (Lipinski definition) is 3. The van der Waals surface area contributed by atoms with E-state index in [1.807, 2.05) is 69.3 Å². The SMILES string of the molecule is Cc1ccc(C(=O)NC2CCN(c3ccccc3C(=O)NC(C)C)CC2)cc1. The van der Waals surface area contributed by atoms with Crippen molar-refractivity contribution in [2.75, 3.05) is 18.0 Å². The van der Waals surface area contributed by atoms with Crippen LogP contribution in [0.4, 0.5) is 5.69 Å². The number of benzene rings is 2. The van der Waals surface area contributed by atoms with Gasteiger partial charge in [0.2, 0.25) is 0 Å². The first-order valence-corrected chi connectivity index (χ1v) is 9.96. The number of carbonyl (C=O) groups excluding carboxylic acids is 2. The third kappa shape index (κ3) is 4.91. The van der Waals surface area contributed by atoms with Gasteiger partial charge in [-0.05, 0) is 57.9 Å². The second-order valence-corrected chi connectivity index (χ2v) is 7.75. The zero-order chi connectivity index (χ0) is 20.1. The molecule has 1 aliphatic rings. The van der Waals surface area contributed by atoms with Crippen molar-refractivity contribution in [2.45, 2.75) is 45.7 Å². The summed E-state index contributed by atoms with van der Waals surface area (Å²) < 4.78 is 0. The molecule has 2 aromatic rings. The number of hydrogen-bond donors (Lipinski definition) is 2. The van der Waals surface area contributed by atoms with Crippen LogP contribution >= 0.6 is 0 Å². The van der Waals surface area contributed by atoms with E-state index in [0.29, 0.717) is 11.1 Å². The van der Waals surface area contributed by atoms with E-state index < -0.39 is 0 Å². The number of rotatable bonds is 5. The van der Waals surface area contributed by atoms with Gasteiger partial charge in [0.25, 0.3) is 11.8 Å². The number of nitrogens with one attached hydrogen (secondary N) is 2. The minimum Gasteiger partial charge on any atom is -0.371 e. The van der Waals surface area contributed by atoms with Crippen LogP contribution in [0.3, 0.4) is 0 Å². The Kier molecular flexibility index (Phi) is 6.34. The molecular weight excluding hydrogens is 350 g/mol. The van der Waals surface area contributed by atoms with Gasteiger partial charge >= 0.3 is 0 Å². The molecule has 28 heavy (non-hydrogen) atoms. The molecule has 0 saturated carbocycles. The Morgan fingerprint density at radius 2 is 1.61 bits per heavy atom. The molecule has 0 aromatic heterocycles. The summed E-state index contributed by atoms with van der Waals surface area (Å²) in [5.41, 5.74) is 3.51. The zero-order valence-corrected chi connectivity index (χ0v) is 16.9. The minimum atomic E-state index is -0.0413. The van der Waals surface area contributed by atoms with E-state index in [1.165, 1.54) is 0 Å². The molecule has 1 aliphatic heterocycles. The molecule has 3 rings (SSSR count). The van der Waals surface area contributed by atoms with E-state index in [1.54, 1.807) is 0 Å². The van der Waals surface area contributed by atoms with E-state index in [4.69, 9.17) is 0 Å². The molecule has 0 aliphatic carbocycles. The lowest BCUT2D eigenvalue weighted by molar-refractivity contribution is 0.0928. The van der Waals surface area contributed by atoms with Crippen molar-refractivity contribution in [3.63, 3.8) is 0 Å². The zero-order valence-electron chi connectivity index (χ0n) is 16.9. The molecule has 0 radical (unpaired) electrons. The van der Waals surface area contributed by atoms with Gasteiger partial charge in [0.1, 0.15) is 0 Å². The van der Waals surface area contributed by atoms with Crippen LogP contribution in [-0.4, -0.2) is 37.0 Å². The number of anilines is 1. The van der Waals surface area contributed by atoms with Crippen molar-refractivity contribution in [3.05, 3.63) is 65.2 Å². The van der Waals surface area contributed by atoms with Crippen LogP contribution in [0.15, 0.2) is 48.5 Å². The Morgan fingerprint density at radius 1 is 0.964 bits per heavy atom. The molecule has 148 valence electrons. The van der Waals surface area contributed by atoms with Crippen LogP contribution in [0.1, 0.15) is 53.0 Å². The number of nitrogens with zero attached hydrogens (tertiary/aromatic N) is 1. The number of aryl methyl sites for hydroxylation is 1. The molecule has 0 unspecified atom stereocenters. The first kappa shape index (κ1) is 19.9. The Morgan fingerprint density at radius 3 is 2.25 bits per heavy atom. The van der Waals surface area contributed by atoms with Gasteiger partial charge in [0.05, 0.1) is 5.56 Å². The second-order valence-electron chi connectivity index (χ2n) is 7.75. The number of para-hydroxylation sites is 1. The molecular formula is C23H29N3O2. The Labute approximate surface area is 167 Å². The first-order chi connectivity index (χ1) is 13.4. The molecule has 0 bridgehead atoms. The molecule has 2 amide bonds. The number of carbonyl (C=O) groups is 2. The largest absolute Gasteiger partial charge is 0.371 e. The third-order valence-electron chi connectivity index (χ3n) is 5.05. The molecule has 5 heteroatoms. The van der Waals surface area contributed by atoms with Gasteiger partial charge in [-0.1, -0.05) is 29.8 Å². The highest BCUT2D eigenvalue weighted by Crippen LogP contribution is 2.24. The molecule has 2 N–H and O–H groups in total. The van der Waals surface area contributed by atoms with Gasteiger partial charge in [-0.25, -0.2) is 0 Å². The normalized spacial score (nSPS) is 14.8. The van der Waals surface area contributed by atoms with E-state index in [-0.39, 0.29) is 23.9 Å². The van der Waals surface area contributed by atoms with Gasteiger partial charge in [0, 0.05) is 36.4 Å². The Hall–Kier alpha value is -2.82. The van der Waals surface area contributed by atoms with E-state index in [9.17, 15) is 9.59 Å². The quantitative estimate of drug-likeness (QED) is 0.835. The van der Waals surface area contributed by atoms with Crippen LogP contribution in [0.2, 0.25) is 0 Å². The highest BCUT2D eigenvalue weighted by molar-refractivity contribution is 6.00. The first-order valence-electron chi connectivity index (χ1n) is 9.96. The maximum Gasteiger partial charge on any atom is 0.253 e. The summed E-state index contributed by atoms with van der Waals surface area (Å²) in [4.78, 5) is 27.2. The summed E-state index contributed by atoms with van der Waals surface area (Å²) >= 11 is 0. The number of piperidine rings is 1. The maximum absolute atomic E-state index is 12.5. The Bertz CT molecular complexity index is 822. The molecule has 0 spiro atoms. The maximum atomic E-state index is 12.5. The molecule has 2 aromatic carbocycles. The van der Waals surface area contributed by atoms with E-state index >= 15 is 0 Å². The van der Waals surface area contributed by atoms with Gasteiger partial charge < -0.3 is 15.5 Å². The lowest BCUT2D eigenvalue weighted by Gasteiger charge is -2.35. The van der Waals surface area contributed by atoms with E-state index in [0.717, 1.165) is 37.2 Å². The fourth-order valence-electron chi connectivity index (χ4n) is 3.52. The predicted octanol–water partition coefficient (Wildman–Crippen LogP) is 3.53. The summed E-state index contributed by atoms with van der Waals surface area (Å²) in [5.74, 6) is -0.0597. The smallest absolute Gasteiger partial charge is 0.253 e. The number of amides is 2. The van der Waals surface area contributed by atoms with Crippen molar-refractivity contribution in [1.82, 2.24) is 10.6 Å². The molecule has 0 atom stereocenters. The van der Waals surface area contributed by atoms with Crippen LogP contribution in [0, 0.1) is 6.92 Å². The predicted molar refractivity (Wildman–Crippen MR) is 113 cm³/mol. The van der Waals surface area contributed by atoms with Crippen molar-refractivity contribution >= 4 is 17.5 Å². The van der Waals surface area contributed by atoms with E-state index in [2.05, 4.69) is 15.5 Å². The average molecular weight is 380 g/mol. The summed E-state index contributed by atoms with van der Waals surface area (Å²) in [7, 11) is 0. The topological polar surface area (TPSA) is 61.4 Å². The van der Waals surface area contributed by atoms with Crippen LogP contribution < -0.4 is 15.5 Å². The molecule has 1 saturated heterocycles. The summed E-state index contributed by atoms with van der Waals surface area (Å²) in [5, 5.41) is 6.12. The summed E-state index contributed by atoms with van der Waals surface area (Å²) in [6, 6.07) is 15.6. The average Bonchev–Trinajstić information content (AvgIpc) is 2.68. The fourth-order valence-corrected chi connectivity index (χ4v) is 3.52. The van der Waals surface area contributed by atoms with Gasteiger partial charge in [0.15, 0.2) is 0 Å². The second kappa shape index (κ2) is 8.91. The van der Waals surface area contributed by atoms with Crippen LogP contribution in [0.25, 0.3) is 0 Å². The van der Waals surface area contributed by atoms with Crippen LogP contribution in [-0.2, 0) is 0 Å². The standard InChI is InChI=1S/C23H29N3O2/c1-16(2)24-23(28)20-6-4-5-7-21(20)26-14-12-19(13-15-26)25-22(27)18-10-8-17(3)9-11-18/h4-11,16,19H,12-15H2,1-3H3,(H,24,28)(H,25,27).